The minimum Gasteiger partial charge on any atom is -0.479 e. The van der Waals surface area contributed by atoms with Gasteiger partial charge >= 0.3 is 5.97 Å². The van der Waals surface area contributed by atoms with Crippen LogP contribution in [0.3, 0.4) is 0 Å². The van der Waals surface area contributed by atoms with Crippen LogP contribution in [0.5, 0.6) is 0 Å². The third kappa shape index (κ3) is 3.62. The van der Waals surface area contributed by atoms with E-state index in [-0.39, 0.29) is 10.7 Å². The number of aliphatic carboxylic acids is 1. The van der Waals surface area contributed by atoms with E-state index in [0.29, 0.717) is 0 Å². The van der Waals surface area contributed by atoms with Crippen molar-refractivity contribution in [3.05, 3.63) is 33.1 Å². The van der Waals surface area contributed by atoms with Crippen LogP contribution in [-0.2, 0) is 4.79 Å². The van der Waals surface area contributed by atoms with E-state index >= 15 is 0 Å². The Morgan fingerprint density at radius 3 is 2.70 bits per heavy atom. The molecule has 1 heterocycles. The molecular formula is C10H10ClN3O6. The van der Waals surface area contributed by atoms with Gasteiger partial charge in [-0.1, -0.05) is 11.6 Å². The van der Waals surface area contributed by atoms with E-state index in [2.05, 4.69) is 10.3 Å². The predicted molar refractivity (Wildman–Crippen MR) is 66.5 cm³/mol. The molecule has 0 aromatic carbocycles. The average Bonchev–Trinajstić information content (AvgIpc) is 2.36. The van der Waals surface area contributed by atoms with E-state index < -0.39 is 34.6 Å². The van der Waals surface area contributed by atoms with Crippen LogP contribution in [0.2, 0.25) is 5.15 Å². The summed E-state index contributed by atoms with van der Waals surface area (Å²) in [4.78, 5) is 35.7. The van der Waals surface area contributed by atoms with Crippen molar-refractivity contribution in [2.75, 3.05) is 6.54 Å². The second-order valence-corrected chi connectivity index (χ2v) is 4.41. The molecule has 0 spiro atoms. The highest BCUT2D eigenvalue weighted by Gasteiger charge is 2.30. The Kier molecular flexibility index (Phi) is 4.58. The van der Waals surface area contributed by atoms with E-state index in [1.54, 1.807) is 0 Å². The first kappa shape index (κ1) is 15.8. The maximum Gasteiger partial charge on any atom is 0.337 e. The quantitative estimate of drug-likeness (QED) is 0.400. The number of nitrogens with one attached hydrogen (secondary N) is 1. The fraction of sp³-hybridized carbons (Fsp3) is 0.300. The molecular weight excluding hydrogens is 294 g/mol. The van der Waals surface area contributed by atoms with Gasteiger partial charge in [-0.05, 0) is 6.92 Å². The molecule has 1 aromatic rings. The van der Waals surface area contributed by atoms with Crippen molar-refractivity contribution in [1.82, 2.24) is 10.3 Å². The Labute approximate surface area is 117 Å². The zero-order chi connectivity index (χ0) is 15.5. The zero-order valence-electron chi connectivity index (χ0n) is 10.2. The molecule has 1 amide bonds. The van der Waals surface area contributed by atoms with Gasteiger partial charge in [0, 0.05) is 6.07 Å². The molecule has 1 rings (SSSR count). The van der Waals surface area contributed by atoms with E-state index in [4.69, 9.17) is 16.7 Å². The molecule has 0 aliphatic heterocycles. The Hall–Kier alpha value is -2.26. The number of hydrogen-bond acceptors (Lipinski definition) is 6. The van der Waals surface area contributed by atoms with Gasteiger partial charge in [-0.15, -0.1) is 0 Å². The number of carbonyl (C=O) groups is 2. The predicted octanol–water partition coefficient (Wildman–Crippen LogP) is 0.209. The van der Waals surface area contributed by atoms with Gasteiger partial charge in [0.25, 0.3) is 11.6 Å². The number of hydrogen-bond donors (Lipinski definition) is 3. The number of pyridine rings is 1. The third-order valence-electron chi connectivity index (χ3n) is 2.33. The lowest BCUT2D eigenvalue weighted by atomic mass is 10.1. The Balaban J connectivity index is 2.90. The number of carboxylic acid groups (broad SMARTS) is 1. The summed E-state index contributed by atoms with van der Waals surface area (Å²) in [6.07, 6.45) is 0.881. The fourth-order valence-corrected chi connectivity index (χ4v) is 1.31. The lowest BCUT2D eigenvalue weighted by molar-refractivity contribution is -0.385. The first-order chi connectivity index (χ1) is 9.15. The molecule has 3 N–H and O–H groups in total. The lowest BCUT2D eigenvalue weighted by Crippen LogP contribution is -2.46. The molecule has 0 saturated carbocycles. The first-order valence-corrected chi connectivity index (χ1v) is 5.57. The first-order valence-electron chi connectivity index (χ1n) is 5.19. The third-order valence-corrected chi connectivity index (χ3v) is 2.64. The number of halogens is 1. The maximum atomic E-state index is 11.7. The maximum absolute atomic E-state index is 11.7. The highest BCUT2D eigenvalue weighted by atomic mass is 35.5. The smallest absolute Gasteiger partial charge is 0.337 e. The molecule has 1 unspecified atom stereocenters. The van der Waals surface area contributed by atoms with Crippen molar-refractivity contribution >= 4 is 29.2 Å². The van der Waals surface area contributed by atoms with Crippen LogP contribution >= 0.6 is 11.6 Å². The van der Waals surface area contributed by atoms with Crippen molar-refractivity contribution in [3.8, 4) is 0 Å². The number of amides is 1. The van der Waals surface area contributed by atoms with Gasteiger partial charge < -0.3 is 15.5 Å². The summed E-state index contributed by atoms with van der Waals surface area (Å²) in [6, 6.07) is 0.903. The van der Waals surface area contributed by atoms with Crippen LogP contribution in [0.15, 0.2) is 12.3 Å². The topological polar surface area (TPSA) is 143 Å². The highest BCUT2D eigenvalue weighted by Crippen LogP contribution is 2.19. The van der Waals surface area contributed by atoms with Gasteiger partial charge in [0.1, 0.15) is 11.3 Å². The second kappa shape index (κ2) is 5.80. The Morgan fingerprint density at radius 2 is 2.20 bits per heavy atom. The number of aromatic nitrogens is 1. The monoisotopic (exact) mass is 303 g/mol. The molecule has 0 fully saturated rings. The molecule has 0 aliphatic carbocycles. The number of aliphatic hydroxyl groups is 1. The molecule has 0 radical (unpaired) electrons. The largest absolute Gasteiger partial charge is 0.479 e. The minimum atomic E-state index is -2.17. The number of nitro groups is 1. The minimum absolute atomic E-state index is 0.275. The summed E-state index contributed by atoms with van der Waals surface area (Å²) < 4.78 is 0. The summed E-state index contributed by atoms with van der Waals surface area (Å²) in [5.41, 5.74) is -2.90. The summed E-state index contributed by atoms with van der Waals surface area (Å²) >= 11 is 5.63. The van der Waals surface area contributed by atoms with Crippen molar-refractivity contribution in [2.24, 2.45) is 0 Å². The molecule has 1 atom stereocenters. The Morgan fingerprint density at radius 1 is 1.60 bits per heavy atom. The number of rotatable bonds is 5. The SMILES string of the molecule is CC(O)(CNC(=O)c1cc([N+](=O)[O-])cnc1Cl)C(=O)O. The van der Waals surface area contributed by atoms with E-state index in [9.17, 15) is 24.8 Å². The molecule has 9 nitrogen and oxygen atoms in total. The molecule has 0 aliphatic rings. The standard InChI is InChI=1S/C10H10ClN3O6/c1-10(18,9(16)17)4-13-8(15)6-2-5(14(19)20)3-12-7(6)11/h2-3,18H,4H2,1H3,(H,13,15)(H,16,17). The summed E-state index contributed by atoms with van der Waals surface area (Å²) in [5.74, 6) is -2.41. The Bertz CT molecular complexity index is 574. The van der Waals surface area contributed by atoms with Crippen molar-refractivity contribution in [3.63, 3.8) is 0 Å². The van der Waals surface area contributed by atoms with Crippen molar-refractivity contribution < 1.29 is 24.7 Å². The molecule has 1 aromatic heterocycles. The van der Waals surface area contributed by atoms with Crippen molar-refractivity contribution in [1.29, 1.82) is 0 Å². The molecule has 0 saturated heterocycles. The fourth-order valence-electron chi connectivity index (χ4n) is 1.12. The normalized spacial score (nSPS) is 13.3. The molecule has 0 bridgehead atoms. The van der Waals surface area contributed by atoms with Crippen LogP contribution < -0.4 is 5.32 Å². The highest BCUT2D eigenvalue weighted by molar-refractivity contribution is 6.32. The van der Waals surface area contributed by atoms with Gasteiger partial charge in [-0.2, -0.15) is 0 Å². The van der Waals surface area contributed by atoms with Gasteiger partial charge in [0.05, 0.1) is 17.0 Å². The molecule has 20 heavy (non-hydrogen) atoms. The van der Waals surface area contributed by atoms with Crippen LogP contribution in [0, 0.1) is 10.1 Å². The number of nitrogens with zero attached hydrogens (tertiary/aromatic N) is 2. The van der Waals surface area contributed by atoms with Gasteiger partial charge in [0.15, 0.2) is 5.60 Å². The van der Waals surface area contributed by atoms with Crippen LogP contribution in [0.1, 0.15) is 17.3 Å². The van der Waals surface area contributed by atoms with E-state index in [1.807, 2.05) is 0 Å². The average molecular weight is 304 g/mol. The lowest BCUT2D eigenvalue weighted by Gasteiger charge is -2.18. The van der Waals surface area contributed by atoms with Gasteiger partial charge in [0.2, 0.25) is 0 Å². The zero-order valence-corrected chi connectivity index (χ0v) is 10.9. The summed E-state index contributed by atoms with van der Waals surface area (Å²) in [6.45, 7) is 0.392. The van der Waals surface area contributed by atoms with Crippen molar-refractivity contribution in [2.45, 2.75) is 12.5 Å². The van der Waals surface area contributed by atoms with Gasteiger partial charge in [-0.3, -0.25) is 14.9 Å². The van der Waals surface area contributed by atoms with Crippen LogP contribution in [-0.4, -0.2) is 44.1 Å². The van der Waals surface area contributed by atoms with E-state index in [1.165, 1.54) is 0 Å². The second-order valence-electron chi connectivity index (χ2n) is 4.05. The number of carboxylic acids is 1. The number of carbonyl (C=O) groups excluding carboxylic acids is 1. The van der Waals surface area contributed by atoms with Crippen LogP contribution in [0.4, 0.5) is 5.69 Å². The summed E-state index contributed by atoms with van der Waals surface area (Å²) in [5, 5.41) is 30.5. The summed E-state index contributed by atoms with van der Waals surface area (Å²) in [7, 11) is 0. The van der Waals surface area contributed by atoms with Crippen LogP contribution in [0.25, 0.3) is 0 Å². The molecule has 108 valence electrons. The van der Waals surface area contributed by atoms with E-state index in [0.717, 1.165) is 19.2 Å². The molecule has 10 heteroatoms. The van der Waals surface area contributed by atoms with Gasteiger partial charge in [-0.25, -0.2) is 9.78 Å².